The van der Waals surface area contributed by atoms with Crippen molar-refractivity contribution < 1.29 is 9.21 Å². The van der Waals surface area contributed by atoms with Gasteiger partial charge in [0.2, 0.25) is 0 Å². The third-order valence-corrected chi connectivity index (χ3v) is 4.60. The smallest absolute Gasteiger partial charge is 0.305 e. The summed E-state index contributed by atoms with van der Waals surface area (Å²) in [6, 6.07) is 27.8. The quantitative estimate of drug-likeness (QED) is 0.480. The van der Waals surface area contributed by atoms with Gasteiger partial charge in [-0.15, -0.1) is 0 Å². The van der Waals surface area contributed by atoms with E-state index in [-0.39, 0.29) is 23.8 Å². The van der Waals surface area contributed by atoms with Crippen LogP contribution in [-0.4, -0.2) is 10.5 Å². The van der Waals surface area contributed by atoms with Crippen LogP contribution in [0.5, 0.6) is 0 Å². The molecule has 30 heavy (non-hydrogen) atoms. The van der Waals surface area contributed by atoms with Gasteiger partial charge in [0.25, 0.3) is 5.56 Å². The van der Waals surface area contributed by atoms with Crippen molar-refractivity contribution in [2.24, 2.45) is 0 Å². The van der Waals surface area contributed by atoms with E-state index in [9.17, 15) is 9.59 Å². The molecule has 0 saturated heterocycles. The number of nitrogens with one attached hydrogen (secondary N) is 1. The molecule has 6 nitrogen and oxygen atoms in total. The Kier molecular flexibility index (Phi) is 5.75. The SMILES string of the molecule is O=C(NN(Cc1ccccc1)c1ccccc1)c1ccc(Cn2ccccc2=O)o1. The topological polar surface area (TPSA) is 67.5 Å². The molecule has 2 heterocycles. The van der Waals surface area contributed by atoms with E-state index in [1.54, 1.807) is 35.5 Å². The Morgan fingerprint density at radius 1 is 0.867 bits per heavy atom. The number of carbonyl (C=O) groups excluding carboxylic acids is 1. The maximum absolute atomic E-state index is 12.8. The minimum atomic E-state index is -0.360. The van der Waals surface area contributed by atoms with Crippen LogP contribution in [0.15, 0.2) is 106 Å². The van der Waals surface area contributed by atoms with E-state index in [0.717, 1.165) is 11.3 Å². The number of para-hydroxylation sites is 1. The first-order chi connectivity index (χ1) is 14.7. The number of aromatic nitrogens is 1. The molecule has 0 spiro atoms. The molecule has 2 aromatic carbocycles. The molecular formula is C24H21N3O3. The van der Waals surface area contributed by atoms with Gasteiger partial charge < -0.3 is 8.98 Å². The molecule has 2 aromatic heterocycles. The summed E-state index contributed by atoms with van der Waals surface area (Å²) in [6.45, 7) is 0.767. The van der Waals surface area contributed by atoms with Gasteiger partial charge in [0.1, 0.15) is 5.76 Å². The summed E-state index contributed by atoms with van der Waals surface area (Å²) < 4.78 is 7.21. The number of pyridine rings is 1. The van der Waals surface area contributed by atoms with Gasteiger partial charge in [0, 0.05) is 12.3 Å². The summed E-state index contributed by atoms with van der Waals surface area (Å²) in [5, 5.41) is 1.78. The lowest BCUT2D eigenvalue weighted by Gasteiger charge is -2.25. The van der Waals surface area contributed by atoms with E-state index in [4.69, 9.17) is 4.42 Å². The lowest BCUT2D eigenvalue weighted by molar-refractivity contribution is 0.0918. The van der Waals surface area contributed by atoms with E-state index < -0.39 is 0 Å². The fourth-order valence-corrected chi connectivity index (χ4v) is 3.09. The number of rotatable bonds is 7. The van der Waals surface area contributed by atoms with Crippen molar-refractivity contribution in [2.75, 3.05) is 5.01 Å². The van der Waals surface area contributed by atoms with Gasteiger partial charge in [0.05, 0.1) is 18.8 Å². The second-order valence-electron chi connectivity index (χ2n) is 6.78. The Morgan fingerprint density at radius 2 is 1.57 bits per heavy atom. The van der Waals surface area contributed by atoms with E-state index in [0.29, 0.717) is 12.3 Å². The van der Waals surface area contributed by atoms with Gasteiger partial charge >= 0.3 is 5.91 Å². The van der Waals surface area contributed by atoms with Crippen LogP contribution in [-0.2, 0) is 13.1 Å². The number of hydrogen-bond acceptors (Lipinski definition) is 4. The Morgan fingerprint density at radius 3 is 2.30 bits per heavy atom. The highest BCUT2D eigenvalue weighted by atomic mass is 16.4. The first-order valence-corrected chi connectivity index (χ1v) is 9.61. The molecule has 6 heteroatoms. The van der Waals surface area contributed by atoms with Crippen LogP contribution in [0.1, 0.15) is 21.9 Å². The van der Waals surface area contributed by atoms with Gasteiger partial charge in [-0.1, -0.05) is 54.6 Å². The normalized spacial score (nSPS) is 10.5. The predicted octanol–water partition coefficient (Wildman–Crippen LogP) is 3.84. The minimum Gasteiger partial charge on any atom is -0.454 e. The van der Waals surface area contributed by atoms with Crippen molar-refractivity contribution in [3.8, 4) is 0 Å². The molecule has 1 N–H and O–H groups in total. The molecule has 0 saturated carbocycles. The number of benzene rings is 2. The number of furan rings is 1. The summed E-state index contributed by atoms with van der Waals surface area (Å²) in [5.74, 6) is 0.354. The third kappa shape index (κ3) is 4.67. The standard InChI is InChI=1S/C24H21N3O3/c28-23-13-7-8-16-26(23)18-21-14-15-22(30-21)24(29)25-27(20-11-5-2-6-12-20)17-19-9-3-1-4-10-19/h1-16H,17-18H2,(H,25,29). The highest BCUT2D eigenvalue weighted by Gasteiger charge is 2.16. The molecule has 0 aliphatic carbocycles. The highest BCUT2D eigenvalue weighted by Crippen LogP contribution is 2.16. The first-order valence-electron chi connectivity index (χ1n) is 9.61. The summed E-state index contributed by atoms with van der Waals surface area (Å²) in [7, 11) is 0. The number of anilines is 1. The highest BCUT2D eigenvalue weighted by molar-refractivity contribution is 5.92. The van der Waals surface area contributed by atoms with Crippen molar-refractivity contribution >= 4 is 11.6 Å². The number of hydrogen-bond donors (Lipinski definition) is 1. The fourth-order valence-electron chi connectivity index (χ4n) is 3.09. The number of amides is 1. The molecule has 0 fully saturated rings. The monoisotopic (exact) mass is 399 g/mol. The van der Waals surface area contributed by atoms with Gasteiger partial charge in [-0.3, -0.25) is 20.0 Å². The molecule has 0 unspecified atom stereocenters. The number of nitrogens with zero attached hydrogens (tertiary/aromatic N) is 2. The van der Waals surface area contributed by atoms with Gasteiger partial charge in [-0.05, 0) is 35.9 Å². The molecule has 4 rings (SSSR count). The fraction of sp³-hybridized carbons (Fsp3) is 0.0833. The van der Waals surface area contributed by atoms with Crippen molar-refractivity contribution in [1.82, 2.24) is 9.99 Å². The molecule has 1 amide bonds. The molecule has 0 bridgehead atoms. The number of carbonyl (C=O) groups is 1. The van der Waals surface area contributed by atoms with Crippen LogP contribution in [0.4, 0.5) is 5.69 Å². The van der Waals surface area contributed by atoms with Crippen LogP contribution in [0.25, 0.3) is 0 Å². The molecule has 0 aliphatic heterocycles. The van der Waals surface area contributed by atoms with Crippen molar-refractivity contribution in [1.29, 1.82) is 0 Å². The van der Waals surface area contributed by atoms with Gasteiger partial charge in [0.15, 0.2) is 5.76 Å². The Balaban J connectivity index is 1.51. The largest absolute Gasteiger partial charge is 0.454 e. The van der Waals surface area contributed by atoms with E-state index in [1.165, 1.54) is 10.6 Å². The molecule has 4 aromatic rings. The summed E-state index contributed by atoms with van der Waals surface area (Å²) >= 11 is 0. The van der Waals surface area contributed by atoms with Crippen LogP contribution in [0, 0.1) is 0 Å². The minimum absolute atomic E-state index is 0.127. The van der Waals surface area contributed by atoms with Gasteiger partial charge in [-0.25, -0.2) is 0 Å². The Hall–Kier alpha value is -4.06. The summed E-state index contributed by atoms with van der Waals surface area (Å²) in [6.07, 6.45) is 1.68. The second kappa shape index (κ2) is 8.96. The van der Waals surface area contributed by atoms with E-state index >= 15 is 0 Å². The lowest BCUT2D eigenvalue weighted by atomic mass is 10.2. The van der Waals surface area contributed by atoms with Crippen LogP contribution in [0.3, 0.4) is 0 Å². The zero-order valence-corrected chi connectivity index (χ0v) is 16.3. The van der Waals surface area contributed by atoms with Crippen LogP contribution >= 0.6 is 0 Å². The van der Waals surface area contributed by atoms with E-state index in [1.807, 2.05) is 60.7 Å². The molecular weight excluding hydrogens is 378 g/mol. The molecule has 0 radical (unpaired) electrons. The average Bonchev–Trinajstić information content (AvgIpc) is 3.25. The lowest BCUT2D eigenvalue weighted by Crippen LogP contribution is -2.41. The van der Waals surface area contributed by atoms with Crippen molar-refractivity contribution in [3.05, 3.63) is 125 Å². The van der Waals surface area contributed by atoms with Gasteiger partial charge in [-0.2, -0.15) is 0 Å². The Labute approximate surface area is 174 Å². The molecule has 0 aliphatic rings. The van der Waals surface area contributed by atoms with Crippen LogP contribution < -0.4 is 16.0 Å². The van der Waals surface area contributed by atoms with Crippen molar-refractivity contribution in [3.63, 3.8) is 0 Å². The maximum atomic E-state index is 12.8. The average molecular weight is 399 g/mol. The second-order valence-corrected chi connectivity index (χ2v) is 6.78. The molecule has 0 atom stereocenters. The zero-order chi connectivity index (χ0) is 20.8. The van der Waals surface area contributed by atoms with Crippen LogP contribution in [0.2, 0.25) is 0 Å². The number of hydrazine groups is 1. The van der Waals surface area contributed by atoms with Crippen molar-refractivity contribution in [2.45, 2.75) is 13.1 Å². The third-order valence-electron chi connectivity index (χ3n) is 4.60. The Bertz CT molecular complexity index is 1170. The zero-order valence-electron chi connectivity index (χ0n) is 16.3. The maximum Gasteiger partial charge on any atom is 0.305 e. The first kappa shape index (κ1) is 19.3. The summed E-state index contributed by atoms with van der Waals surface area (Å²) in [5.41, 5.74) is 4.71. The molecule has 150 valence electrons. The predicted molar refractivity (Wildman–Crippen MR) is 115 cm³/mol. The van der Waals surface area contributed by atoms with E-state index in [2.05, 4.69) is 5.43 Å². The summed E-state index contributed by atoms with van der Waals surface area (Å²) in [4.78, 5) is 24.7.